The van der Waals surface area contributed by atoms with E-state index in [2.05, 4.69) is 31.4 Å². The molecule has 134 valence electrons. The molecule has 1 amide bonds. The number of amides is 1. The molecule has 0 saturated carbocycles. The van der Waals surface area contributed by atoms with Crippen molar-refractivity contribution in [2.45, 2.75) is 12.1 Å². The minimum absolute atomic E-state index is 0.154. The number of rotatable bonds is 5. The topological polar surface area (TPSA) is 59.8 Å². The largest absolute Gasteiger partial charge is 0.324 e. The predicted octanol–water partition coefficient (Wildman–Crippen LogP) is 4.94. The molecule has 0 aliphatic heterocycles. The number of hydrogen-bond donors (Lipinski definition) is 1. The zero-order valence-electron chi connectivity index (χ0n) is 14.2. The highest BCUT2D eigenvalue weighted by molar-refractivity contribution is 9.10. The summed E-state index contributed by atoms with van der Waals surface area (Å²) in [5, 5.41) is 12.4. The van der Waals surface area contributed by atoms with Crippen LogP contribution in [-0.4, -0.2) is 26.4 Å². The molecule has 0 bridgehead atoms. The molecule has 2 aromatic carbocycles. The van der Waals surface area contributed by atoms with Gasteiger partial charge in [-0.05, 0) is 25.1 Å². The molecule has 0 fully saturated rings. The van der Waals surface area contributed by atoms with Crippen LogP contribution in [0.5, 0.6) is 0 Å². The molecule has 0 spiro atoms. The van der Waals surface area contributed by atoms with Crippen molar-refractivity contribution in [1.29, 1.82) is 0 Å². The van der Waals surface area contributed by atoms with Crippen molar-refractivity contribution in [2.24, 2.45) is 7.05 Å². The van der Waals surface area contributed by atoms with Gasteiger partial charge in [0.05, 0.1) is 16.5 Å². The minimum atomic E-state index is -0.154. The molecular weight excluding hydrogens is 436 g/mol. The van der Waals surface area contributed by atoms with Gasteiger partial charge in [0, 0.05) is 17.1 Å². The lowest BCUT2D eigenvalue weighted by Crippen LogP contribution is -2.14. The van der Waals surface area contributed by atoms with Crippen LogP contribution in [0.3, 0.4) is 0 Å². The lowest BCUT2D eigenvalue weighted by molar-refractivity contribution is -0.113. The van der Waals surface area contributed by atoms with Crippen molar-refractivity contribution < 1.29 is 4.79 Å². The Bertz CT molecular complexity index is 943. The third kappa shape index (κ3) is 4.47. The van der Waals surface area contributed by atoms with Gasteiger partial charge in [0.25, 0.3) is 0 Å². The Hall–Kier alpha value is -1.83. The number of aromatic nitrogens is 3. The van der Waals surface area contributed by atoms with Crippen molar-refractivity contribution in [1.82, 2.24) is 14.8 Å². The van der Waals surface area contributed by atoms with Crippen molar-refractivity contribution in [3.63, 3.8) is 0 Å². The Morgan fingerprint density at radius 2 is 1.96 bits per heavy atom. The van der Waals surface area contributed by atoms with Crippen LogP contribution in [0, 0.1) is 6.92 Å². The Kier molecular flexibility index (Phi) is 6.01. The van der Waals surface area contributed by atoms with Gasteiger partial charge in [-0.3, -0.25) is 4.79 Å². The Balaban J connectivity index is 1.64. The lowest BCUT2D eigenvalue weighted by atomic mass is 10.1. The highest BCUT2D eigenvalue weighted by atomic mass is 79.9. The number of nitrogens with one attached hydrogen (secondary N) is 1. The molecule has 3 rings (SSSR count). The number of anilines is 1. The summed E-state index contributed by atoms with van der Waals surface area (Å²) in [5.41, 5.74) is 2.76. The molecule has 0 atom stereocenters. The smallest absolute Gasteiger partial charge is 0.234 e. The second-order valence-electron chi connectivity index (χ2n) is 5.69. The highest BCUT2D eigenvalue weighted by Crippen LogP contribution is 2.27. The Morgan fingerprint density at radius 1 is 1.23 bits per heavy atom. The van der Waals surface area contributed by atoms with E-state index < -0.39 is 0 Å². The molecule has 1 heterocycles. The van der Waals surface area contributed by atoms with Crippen molar-refractivity contribution in [2.75, 3.05) is 11.1 Å². The Morgan fingerprint density at radius 3 is 2.65 bits per heavy atom. The zero-order chi connectivity index (χ0) is 18.7. The first-order valence-electron chi connectivity index (χ1n) is 7.78. The number of carbonyl (C=O) groups excluding carboxylic acids is 1. The maximum Gasteiger partial charge on any atom is 0.234 e. The zero-order valence-corrected chi connectivity index (χ0v) is 17.3. The maximum atomic E-state index is 12.2. The quantitative estimate of drug-likeness (QED) is 0.558. The van der Waals surface area contributed by atoms with E-state index in [0.717, 1.165) is 15.9 Å². The SMILES string of the molecule is Cc1ccc(-c2nnc(SCC(=O)Nc3ccc(Br)cc3Cl)n2C)cc1. The average molecular weight is 452 g/mol. The number of hydrogen-bond acceptors (Lipinski definition) is 4. The van der Waals surface area contributed by atoms with E-state index in [1.54, 1.807) is 12.1 Å². The van der Waals surface area contributed by atoms with E-state index in [0.29, 0.717) is 15.9 Å². The average Bonchev–Trinajstić information content (AvgIpc) is 2.97. The van der Waals surface area contributed by atoms with Crippen LogP contribution >= 0.6 is 39.3 Å². The molecule has 0 aliphatic carbocycles. The second-order valence-corrected chi connectivity index (χ2v) is 7.96. The first-order chi connectivity index (χ1) is 12.4. The van der Waals surface area contributed by atoms with E-state index in [4.69, 9.17) is 11.6 Å². The van der Waals surface area contributed by atoms with Crippen molar-refractivity contribution in [3.8, 4) is 11.4 Å². The molecule has 0 radical (unpaired) electrons. The number of carbonyl (C=O) groups is 1. The maximum absolute atomic E-state index is 12.2. The third-order valence-electron chi connectivity index (χ3n) is 3.68. The van der Waals surface area contributed by atoms with Gasteiger partial charge in [-0.2, -0.15) is 0 Å². The minimum Gasteiger partial charge on any atom is -0.324 e. The summed E-state index contributed by atoms with van der Waals surface area (Å²) >= 11 is 10.8. The van der Waals surface area contributed by atoms with Crippen LogP contribution in [-0.2, 0) is 11.8 Å². The van der Waals surface area contributed by atoms with Gasteiger partial charge in [-0.15, -0.1) is 10.2 Å². The third-order valence-corrected chi connectivity index (χ3v) is 5.51. The molecule has 0 aliphatic rings. The fourth-order valence-electron chi connectivity index (χ4n) is 2.30. The van der Waals surface area contributed by atoms with E-state index in [-0.39, 0.29) is 11.7 Å². The van der Waals surface area contributed by atoms with Crippen molar-refractivity contribution >= 4 is 50.9 Å². The van der Waals surface area contributed by atoms with Crippen LogP contribution in [0.15, 0.2) is 52.1 Å². The van der Waals surface area contributed by atoms with Crippen LogP contribution < -0.4 is 5.32 Å². The summed E-state index contributed by atoms with van der Waals surface area (Å²) in [7, 11) is 1.89. The van der Waals surface area contributed by atoms with Crippen LogP contribution in [0.2, 0.25) is 5.02 Å². The van der Waals surface area contributed by atoms with Crippen LogP contribution in [0.1, 0.15) is 5.56 Å². The predicted molar refractivity (Wildman–Crippen MR) is 110 cm³/mol. The molecule has 3 aromatic rings. The van der Waals surface area contributed by atoms with Gasteiger partial charge in [-0.1, -0.05) is 69.1 Å². The summed E-state index contributed by atoms with van der Waals surface area (Å²) < 4.78 is 2.74. The van der Waals surface area contributed by atoms with E-state index in [1.165, 1.54) is 17.3 Å². The fourth-order valence-corrected chi connectivity index (χ4v) is 3.73. The number of aryl methyl sites for hydroxylation is 1. The molecule has 8 heteroatoms. The number of thioether (sulfide) groups is 1. The fraction of sp³-hybridized carbons (Fsp3) is 0.167. The van der Waals surface area contributed by atoms with Crippen molar-refractivity contribution in [3.05, 3.63) is 57.5 Å². The first-order valence-corrected chi connectivity index (χ1v) is 9.94. The van der Waals surface area contributed by atoms with Gasteiger partial charge in [0.15, 0.2) is 11.0 Å². The van der Waals surface area contributed by atoms with Gasteiger partial charge in [0.1, 0.15) is 0 Å². The summed E-state index contributed by atoms with van der Waals surface area (Å²) in [4.78, 5) is 12.2. The summed E-state index contributed by atoms with van der Waals surface area (Å²) in [6, 6.07) is 13.4. The van der Waals surface area contributed by atoms with E-state index in [9.17, 15) is 4.79 Å². The van der Waals surface area contributed by atoms with E-state index in [1.807, 2.05) is 48.9 Å². The lowest BCUT2D eigenvalue weighted by Gasteiger charge is -2.07. The molecule has 0 unspecified atom stereocenters. The molecule has 5 nitrogen and oxygen atoms in total. The van der Waals surface area contributed by atoms with Gasteiger partial charge in [0.2, 0.25) is 5.91 Å². The number of nitrogens with zero attached hydrogens (tertiary/aromatic N) is 3. The monoisotopic (exact) mass is 450 g/mol. The van der Waals surface area contributed by atoms with Gasteiger partial charge < -0.3 is 9.88 Å². The number of halogens is 2. The van der Waals surface area contributed by atoms with Gasteiger partial charge in [-0.25, -0.2) is 0 Å². The normalized spacial score (nSPS) is 10.8. The Labute approximate surface area is 169 Å². The molecule has 1 N–H and O–H groups in total. The second kappa shape index (κ2) is 8.24. The highest BCUT2D eigenvalue weighted by Gasteiger charge is 2.13. The van der Waals surface area contributed by atoms with Gasteiger partial charge >= 0.3 is 0 Å². The van der Waals surface area contributed by atoms with Crippen LogP contribution in [0.4, 0.5) is 5.69 Å². The molecule has 1 aromatic heterocycles. The summed E-state index contributed by atoms with van der Waals surface area (Å²) in [6.45, 7) is 2.04. The summed E-state index contributed by atoms with van der Waals surface area (Å²) in [6.07, 6.45) is 0. The molecular formula is C18H16BrClN4OS. The van der Waals surface area contributed by atoms with Crippen LogP contribution in [0.25, 0.3) is 11.4 Å². The van der Waals surface area contributed by atoms with E-state index >= 15 is 0 Å². The summed E-state index contributed by atoms with van der Waals surface area (Å²) in [5.74, 6) is 0.828. The molecule has 26 heavy (non-hydrogen) atoms. The first kappa shape index (κ1) is 18.9. The standard InChI is InChI=1S/C18H16BrClN4OS/c1-11-3-5-12(6-4-11)17-22-23-18(24(17)2)26-10-16(25)21-15-8-7-13(19)9-14(15)20/h3-9H,10H2,1-2H3,(H,21,25). The number of benzene rings is 2. The molecule has 0 saturated heterocycles.